The Labute approximate surface area is 80.3 Å². The van der Waals surface area contributed by atoms with Crippen molar-refractivity contribution in [3.63, 3.8) is 0 Å². The number of rotatable bonds is 3. The van der Waals surface area contributed by atoms with Crippen LogP contribution in [0.15, 0.2) is 29.8 Å². The maximum atomic E-state index is 8.70. The van der Waals surface area contributed by atoms with Crippen LogP contribution in [0.2, 0.25) is 0 Å². The Morgan fingerprint density at radius 2 is 2.38 bits per heavy atom. The minimum atomic E-state index is 0.131. The SMILES string of the molecule is OCCn1ccc(-c2cccs2)n1. The number of aliphatic hydroxyl groups excluding tert-OH is 1. The number of nitrogens with zero attached hydrogens (tertiary/aromatic N) is 2. The fourth-order valence-electron chi connectivity index (χ4n) is 1.14. The average Bonchev–Trinajstić information content (AvgIpc) is 2.70. The van der Waals surface area contributed by atoms with Crippen LogP contribution in [0, 0.1) is 0 Å². The maximum absolute atomic E-state index is 8.70. The number of aliphatic hydroxyl groups is 1. The van der Waals surface area contributed by atoms with Gasteiger partial charge >= 0.3 is 0 Å². The van der Waals surface area contributed by atoms with Crippen molar-refractivity contribution in [2.75, 3.05) is 6.61 Å². The molecule has 0 saturated carbocycles. The van der Waals surface area contributed by atoms with E-state index in [9.17, 15) is 0 Å². The normalized spacial score (nSPS) is 10.5. The number of hydrogen-bond donors (Lipinski definition) is 1. The van der Waals surface area contributed by atoms with Crippen molar-refractivity contribution in [3.8, 4) is 10.6 Å². The molecule has 0 aliphatic rings. The van der Waals surface area contributed by atoms with Gasteiger partial charge in [-0.2, -0.15) is 5.10 Å². The van der Waals surface area contributed by atoms with Gasteiger partial charge in [0.15, 0.2) is 0 Å². The van der Waals surface area contributed by atoms with Crippen LogP contribution in [0.3, 0.4) is 0 Å². The smallest absolute Gasteiger partial charge is 0.102 e. The highest BCUT2D eigenvalue weighted by molar-refractivity contribution is 7.13. The van der Waals surface area contributed by atoms with Gasteiger partial charge in [-0.15, -0.1) is 11.3 Å². The molecule has 0 atom stereocenters. The quantitative estimate of drug-likeness (QED) is 0.806. The lowest BCUT2D eigenvalue weighted by molar-refractivity contribution is 0.269. The van der Waals surface area contributed by atoms with Gasteiger partial charge in [-0.1, -0.05) is 6.07 Å². The highest BCUT2D eigenvalue weighted by Gasteiger charge is 2.01. The van der Waals surface area contributed by atoms with E-state index < -0.39 is 0 Å². The maximum Gasteiger partial charge on any atom is 0.102 e. The first kappa shape index (κ1) is 8.47. The molecule has 2 aromatic heterocycles. The van der Waals surface area contributed by atoms with Crippen LogP contribution in [0.25, 0.3) is 10.6 Å². The van der Waals surface area contributed by atoms with Gasteiger partial charge in [-0.3, -0.25) is 4.68 Å². The summed E-state index contributed by atoms with van der Waals surface area (Å²) in [6, 6.07) is 6.00. The highest BCUT2D eigenvalue weighted by Crippen LogP contribution is 2.21. The van der Waals surface area contributed by atoms with Crippen LogP contribution in [0.1, 0.15) is 0 Å². The minimum Gasteiger partial charge on any atom is -0.394 e. The standard InChI is InChI=1S/C9H10N2OS/c12-6-5-11-4-3-8(10-11)9-2-1-7-13-9/h1-4,7,12H,5-6H2. The third kappa shape index (κ3) is 1.79. The van der Waals surface area contributed by atoms with Crippen molar-refractivity contribution < 1.29 is 5.11 Å². The molecule has 0 fully saturated rings. The second-order valence-corrected chi connectivity index (χ2v) is 3.61. The minimum absolute atomic E-state index is 0.131. The molecule has 2 rings (SSSR count). The summed E-state index contributed by atoms with van der Waals surface area (Å²) in [5, 5.41) is 15.0. The molecule has 0 amide bonds. The van der Waals surface area contributed by atoms with Gasteiger partial charge < -0.3 is 5.11 Å². The number of aromatic nitrogens is 2. The van der Waals surface area contributed by atoms with E-state index in [1.165, 1.54) is 0 Å². The number of hydrogen-bond acceptors (Lipinski definition) is 3. The van der Waals surface area contributed by atoms with E-state index in [0.717, 1.165) is 10.6 Å². The van der Waals surface area contributed by atoms with Gasteiger partial charge in [0.2, 0.25) is 0 Å². The molecule has 0 unspecified atom stereocenters. The van der Waals surface area contributed by atoms with Crippen molar-refractivity contribution >= 4 is 11.3 Å². The predicted octanol–water partition coefficient (Wildman–Crippen LogP) is 1.60. The molecule has 0 aliphatic heterocycles. The summed E-state index contributed by atoms with van der Waals surface area (Å²) in [6.07, 6.45) is 1.88. The zero-order valence-corrected chi connectivity index (χ0v) is 7.87. The van der Waals surface area contributed by atoms with E-state index in [4.69, 9.17) is 5.11 Å². The molecule has 2 aromatic rings. The fraction of sp³-hybridized carbons (Fsp3) is 0.222. The molecule has 13 heavy (non-hydrogen) atoms. The van der Waals surface area contributed by atoms with Crippen molar-refractivity contribution in [2.24, 2.45) is 0 Å². The molecule has 3 nitrogen and oxygen atoms in total. The Balaban J connectivity index is 2.23. The largest absolute Gasteiger partial charge is 0.394 e. The van der Waals surface area contributed by atoms with Crippen LogP contribution < -0.4 is 0 Å². The molecule has 4 heteroatoms. The third-order valence-corrected chi connectivity index (χ3v) is 2.64. The zero-order chi connectivity index (χ0) is 9.10. The lowest BCUT2D eigenvalue weighted by Gasteiger charge is -1.94. The second-order valence-electron chi connectivity index (χ2n) is 2.66. The molecule has 1 N–H and O–H groups in total. The number of thiophene rings is 1. The molecular weight excluding hydrogens is 184 g/mol. The first-order valence-electron chi connectivity index (χ1n) is 4.08. The van der Waals surface area contributed by atoms with Crippen molar-refractivity contribution in [3.05, 3.63) is 29.8 Å². The third-order valence-electron chi connectivity index (χ3n) is 1.74. The summed E-state index contributed by atoms with van der Waals surface area (Å²) in [5.74, 6) is 0. The lowest BCUT2D eigenvalue weighted by Crippen LogP contribution is -2.01. The first-order chi connectivity index (χ1) is 6.40. The van der Waals surface area contributed by atoms with Gasteiger partial charge in [0, 0.05) is 6.20 Å². The summed E-state index contributed by atoms with van der Waals surface area (Å²) in [7, 11) is 0. The van der Waals surface area contributed by atoms with E-state index in [0.29, 0.717) is 6.54 Å². The van der Waals surface area contributed by atoms with Gasteiger partial charge in [0.05, 0.1) is 18.0 Å². The van der Waals surface area contributed by atoms with Crippen molar-refractivity contribution in [1.82, 2.24) is 9.78 Å². The molecule has 68 valence electrons. The van der Waals surface area contributed by atoms with Gasteiger partial charge in [-0.05, 0) is 17.5 Å². The summed E-state index contributed by atoms with van der Waals surface area (Å²) in [4.78, 5) is 1.16. The molecule has 0 radical (unpaired) electrons. The van der Waals surface area contributed by atoms with E-state index in [-0.39, 0.29) is 6.61 Å². The molecule has 0 bridgehead atoms. The molecule has 0 saturated heterocycles. The molecular formula is C9H10N2OS. The predicted molar refractivity (Wildman–Crippen MR) is 52.6 cm³/mol. The van der Waals surface area contributed by atoms with E-state index >= 15 is 0 Å². The average molecular weight is 194 g/mol. The zero-order valence-electron chi connectivity index (χ0n) is 7.05. The van der Waals surface area contributed by atoms with Crippen LogP contribution in [-0.2, 0) is 6.54 Å². The summed E-state index contributed by atoms with van der Waals surface area (Å²) < 4.78 is 1.75. The van der Waals surface area contributed by atoms with E-state index in [1.54, 1.807) is 16.0 Å². The Morgan fingerprint density at radius 1 is 1.46 bits per heavy atom. The molecule has 2 heterocycles. The van der Waals surface area contributed by atoms with Gasteiger partial charge in [0.1, 0.15) is 5.69 Å². The topological polar surface area (TPSA) is 38.0 Å². The lowest BCUT2D eigenvalue weighted by atomic mass is 10.3. The Bertz CT molecular complexity index is 367. The van der Waals surface area contributed by atoms with Crippen LogP contribution >= 0.6 is 11.3 Å². The van der Waals surface area contributed by atoms with Gasteiger partial charge in [0.25, 0.3) is 0 Å². The van der Waals surface area contributed by atoms with Gasteiger partial charge in [-0.25, -0.2) is 0 Å². The summed E-state index contributed by atoms with van der Waals surface area (Å²) in [6.45, 7) is 0.691. The summed E-state index contributed by atoms with van der Waals surface area (Å²) in [5.41, 5.74) is 0.975. The monoisotopic (exact) mass is 194 g/mol. The first-order valence-corrected chi connectivity index (χ1v) is 4.96. The molecule has 0 aromatic carbocycles. The Morgan fingerprint density at radius 3 is 3.08 bits per heavy atom. The van der Waals surface area contributed by atoms with Crippen molar-refractivity contribution in [2.45, 2.75) is 6.54 Å². The second kappa shape index (κ2) is 3.72. The van der Waals surface area contributed by atoms with E-state index in [2.05, 4.69) is 5.10 Å². The molecule has 0 spiro atoms. The van der Waals surface area contributed by atoms with Crippen molar-refractivity contribution in [1.29, 1.82) is 0 Å². The fourth-order valence-corrected chi connectivity index (χ4v) is 1.83. The van der Waals surface area contributed by atoms with Crippen LogP contribution in [0.5, 0.6) is 0 Å². The van der Waals surface area contributed by atoms with E-state index in [1.807, 2.05) is 29.8 Å². The summed E-state index contributed by atoms with van der Waals surface area (Å²) >= 11 is 1.67. The highest BCUT2D eigenvalue weighted by atomic mass is 32.1. The molecule has 0 aliphatic carbocycles. The van der Waals surface area contributed by atoms with Crippen LogP contribution in [-0.4, -0.2) is 21.5 Å². The van der Waals surface area contributed by atoms with Crippen LogP contribution in [0.4, 0.5) is 0 Å². The Kier molecular flexibility index (Phi) is 2.42. The Hall–Kier alpha value is -1.13.